The molecule has 0 bridgehead atoms. The number of aromatic hydroxyl groups is 1. The number of benzene rings is 1. The molecule has 2 fully saturated rings. The second-order valence-electron chi connectivity index (χ2n) is 7.72. The number of likely N-dealkylation sites (tertiary alicyclic amines) is 1. The first kappa shape index (κ1) is 17.3. The Morgan fingerprint density at radius 1 is 1.12 bits per heavy atom. The van der Waals surface area contributed by atoms with Gasteiger partial charge in [-0.3, -0.25) is 9.88 Å². The molecule has 2 heterocycles. The van der Waals surface area contributed by atoms with Gasteiger partial charge in [0.15, 0.2) is 0 Å². The summed E-state index contributed by atoms with van der Waals surface area (Å²) in [5.41, 5.74) is 1.86. The summed E-state index contributed by atoms with van der Waals surface area (Å²) in [4.78, 5) is 6.44. The van der Waals surface area contributed by atoms with Crippen LogP contribution >= 0.6 is 0 Å². The lowest BCUT2D eigenvalue weighted by molar-refractivity contribution is 0.113. The van der Waals surface area contributed by atoms with Crippen LogP contribution in [0.2, 0.25) is 0 Å². The van der Waals surface area contributed by atoms with Crippen molar-refractivity contribution in [1.29, 1.82) is 0 Å². The zero-order valence-corrected chi connectivity index (χ0v) is 15.1. The second-order valence-corrected chi connectivity index (χ2v) is 7.72. The van der Waals surface area contributed by atoms with Crippen molar-refractivity contribution in [2.24, 2.45) is 11.8 Å². The molecule has 4 atom stereocenters. The van der Waals surface area contributed by atoms with Crippen molar-refractivity contribution >= 4 is 0 Å². The van der Waals surface area contributed by atoms with Gasteiger partial charge in [0.05, 0.1) is 18.0 Å². The number of β-amino-alcohol motifs (C(OH)–C–C–N with tert-alkyl or cyclic N) is 1. The number of aliphatic hydroxyl groups excluding tert-OH is 1. The van der Waals surface area contributed by atoms with Crippen molar-refractivity contribution in [3.05, 3.63) is 53.9 Å². The molecule has 1 aromatic heterocycles. The van der Waals surface area contributed by atoms with Gasteiger partial charge in [0.1, 0.15) is 17.6 Å². The first-order valence-electron chi connectivity index (χ1n) is 9.35. The molecule has 0 radical (unpaired) electrons. The van der Waals surface area contributed by atoms with Crippen molar-refractivity contribution < 1.29 is 14.9 Å². The average Bonchev–Trinajstić information content (AvgIpc) is 3.15. The van der Waals surface area contributed by atoms with Crippen LogP contribution in [0, 0.1) is 18.8 Å². The number of aryl methyl sites for hydroxylation is 1. The third-order valence-corrected chi connectivity index (χ3v) is 5.65. The van der Waals surface area contributed by atoms with Crippen molar-refractivity contribution in [3.63, 3.8) is 0 Å². The van der Waals surface area contributed by atoms with Gasteiger partial charge < -0.3 is 14.9 Å². The van der Waals surface area contributed by atoms with Gasteiger partial charge in [-0.05, 0) is 55.9 Å². The molecular formula is C21H26N2O3. The van der Waals surface area contributed by atoms with E-state index < -0.39 is 6.10 Å². The number of pyridine rings is 1. The maximum atomic E-state index is 10.4. The molecule has 138 valence electrons. The Kier molecular flexibility index (Phi) is 4.83. The lowest BCUT2D eigenvalue weighted by Gasteiger charge is -2.22. The fraction of sp³-hybridized carbons (Fsp3) is 0.476. The zero-order chi connectivity index (χ0) is 18.1. The molecule has 2 aromatic rings. The molecule has 1 saturated carbocycles. The van der Waals surface area contributed by atoms with Gasteiger partial charge in [-0.25, -0.2) is 0 Å². The van der Waals surface area contributed by atoms with Crippen molar-refractivity contribution in [2.45, 2.75) is 32.0 Å². The van der Waals surface area contributed by atoms with Crippen LogP contribution in [0.15, 0.2) is 42.6 Å². The van der Waals surface area contributed by atoms with Gasteiger partial charge >= 0.3 is 0 Å². The highest BCUT2D eigenvalue weighted by atomic mass is 16.5. The summed E-state index contributed by atoms with van der Waals surface area (Å²) in [6.45, 7) is 4.69. The summed E-state index contributed by atoms with van der Waals surface area (Å²) in [6, 6.07) is 11.5. The molecule has 2 unspecified atom stereocenters. The molecule has 1 aliphatic carbocycles. The van der Waals surface area contributed by atoms with Crippen LogP contribution in [0.3, 0.4) is 0 Å². The lowest BCUT2D eigenvalue weighted by Crippen LogP contribution is -2.29. The SMILES string of the molecule is Cc1ccc(OC2C[C@@H]3CN(CC(O)c4ccc(O)cn4)C[C@@H]3C2)cc1. The van der Waals surface area contributed by atoms with E-state index in [0.29, 0.717) is 30.2 Å². The van der Waals surface area contributed by atoms with Gasteiger partial charge in [-0.1, -0.05) is 17.7 Å². The molecular weight excluding hydrogens is 328 g/mol. The maximum absolute atomic E-state index is 10.4. The van der Waals surface area contributed by atoms with Gasteiger partial charge in [-0.2, -0.15) is 0 Å². The highest BCUT2D eigenvalue weighted by Crippen LogP contribution is 2.40. The van der Waals surface area contributed by atoms with E-state index in [-0.39, 0.29) is 5.75 Å². The average molecular weight is 354 g/mol. The lowest BCUT2D eigenvalue weighted by atomic mass is 10.0. The largest absolute Gasteiger partial charge is 0.506 e. The number of nitrogens with zero attached hydrogens (tertiary/aromatic N) is 2. The van der Waals surface area contributed by atoms with Crippen LogP contribution in [0.25, 0.3) is 0 Å². The molecule has 2 aliphatic rings. The molecule has 0 amide bonds. The van der Waals surface area contributed by atoms with Crippen LogP contribution in [0.5, 0.6) is 11.5 Å². The van der Waals surface area contributed by atoms with Gasteiger partial charge in [-0.15, -0.1) is 0 Å². The van der Waals surface area contributed by atoms with Crippen molar-refractivity contribution in [2.75, 3.05) is 19.6 Å². The molecule has 4 rings (SSSR count). The van der Waals surface area contributed by atoms with E-state index in [1.54, 1.807) is 12.1 Å². The van der Waals surface area contributed by atoms with Crippen LogP contribution < -0.4 is 4.74 Å². The zero-order valence-electron chi connectivity index (χ0n) is 15.1. The van der Waals surface area contributed by atoms with E-state index in [9.17, 15) is 10.2 Å². The van der Waals surface area contributed by atoms with Crippen molar-refractivity contribution in [3.8, 4) is 11.5 Å². The number of ether oxygens (including phenoxy) is 1. The van der Waals surface area contributed by atoms with E-state index in [2.05, 4.69) is 41.1 Å². The third-order valence-electron chi connectivity index (χ3n) is 5.65. The van der Waals surface area contributed by atoms with Gasteiger partial charge in [0.25, 0.3) is 0 Å². The summed E-state index contributed by atoms with van der Waals surface area (Å²) in [7, 11) is 0. The normalized spacial score (nSPS) is 26.6. The fourth-order valence-electron chi connectivity index (χ4n) is 4.33. The first-order valence-corrected chi connectivity index (χ1v) is 9.35. The Balaban J connectivity index is 1.28. The van der Waals surface area contributed by atoms with Gasteiger partial charge in [0, 0.05) is 19.6 Å². The van der Waals surface area contributed by atoms with Crippen molar-refractivity contribution in [1.82, 2.24) is 9.88 Å². The number of rotatable bonds is 5. The third kappa shape index (κ3) is 3.84. The Morgan fingerprint density at radius 3 is 2.42 bits per heavy atom. The summed E-state index contributed by atoms with van der Waals surface area (Å²) >= 11 is 0. The van der Waals surface area contributed by atoms with Crippen LogP contribution in [0.4, 0.5) is 0 Å². The van der Waals surface area contributed by atoms with Gasteiger partial charge in [0.2, 0.25) is 0 Å². The predicted molar refractivity (Wildman–Crippen MR) is 99.1 cm³/mol. The summed E-state index contributed by atoms with van der Waals surface area (Å²) in [5.74, 6) is 2.37. The molecule has 5 heteroatoms. The number of aliphatic hydroxyl groups is 1. The number of aromatic nitrogens is 1. The minimum Gasteiger partial charge on any atom is -0.506 e. The van der Waals surface area contributed by atoms with E-state index in [1.165, 1.54) is 11.8 Å². The minimum atomic E-state index is -0.617. The van der Waals surface area contributed by atoms with Crippen LogP contribution in [0.1, 0.15) is 30.2 Å². The number of hydrogen-bond donors (Lipinski definition) is 2. The molecule has 5 nitrogen and oxygen atoms in total. The fourth-order valence-corrected chi connectivity index (χ4v) is 4.33. The predicted octanol–water partition coefficient (Wildman–Crippen LogP) is 2.92. The first-order chi connectivity index (χ1) is 12.6. The maximum Gasteiger partial charge on any atom is 0.133 e. The molecule has 1 aromatic carbocycles. The summed E-state index contributed by atoms with van der Waals surface area (Å²) in [6.07, 6.45) is 3.24. The number of fused-ring (bicyclic) bond motifs is 1. The Hall–Kier alpha value is -2.11. The molecule has 2 N–H and O–H groups in total. The van der Waals surface area contributed by atoms with E-state index in [0.717, 1.165) is 31.7 Å². The molecule has 0 spiro atoms. The minimum absolute atomic E-state index is 0.122. The monoisotopic (exact) mass is 354 g/mol. The van der Waals surface area contributed by atoms with E-state index in [4.69, 9.17) is 4.74 Å². The molecule has 1 aliphatic heterocycles. The van der Waals surface area contributed by atoms with E-state index >= 15 is 0 Å². The highest BCUT2D eigenvalue weighted by Gasteiger charge is 2.42. The van der Waals surface area contributed by atoms with E-state index in [1.807, 2.05) is 0 Å². The smallest absolute Gasteiger partial charge is 0.133 e. The van der Waals surface area contributed by atoms with Crippen LogP contribution in [-0.2, 0) is 0 Å². The summed E-state index contributed by atoms with van der Waals surface area (Å²) < 4.78 is 6.16. The highest BCUT2D eigenvalue weighted by molar-refractivity contribution is 5.26. The Bertz CT molecular complexity index is 718. The topological polar surface area (TPSA) is 65.8 Å². The number of hydrogen-bond acceptors (Lipinski definition) is 5. The standard InChI is InChI=1S/C21H26N2O3/c1-14-2-5-18(6-3-14)26-19-8-15-11-23(12-16(15)9-19)13-21(25)20-7-4-17(24)10-22-20/h2-7,10,15-16,19,21,24-25H,8-9,11-13H2,1H3/t15-,16+,19?,21?. The quantitative estimate of drug-likeness (QED) is 0.864. The molecule has 1 saturated heterocycles. The summed E-state index contributed by atoms with van der Waals surface area (Å²) in [5, 5.41) is 19.7. The second kappa shape index (κ2) is 7.25. The Morgan fingerprint density at radius 2 is 1.81 bits per heavy atom. The molecule has 26 heavy (non-hydrogen) atoms. The van der Waals surface area contributed by atoms with Crippen LogP contribution in [-0.4, -0.2) is 45.8 Å². The Labute approximate surface area is 154 Å².